The number of likely N-dealkylation sites (tertiary alicyclic amines) is 1. The minimum absolute atomic E-state index is 0.257. The Hall–Kier alpha value is -2.11. The van der Waals surface area contributed by atoms with Gasteiger partial charge in [-0.2, -0.15) is 0 Å². The van der Waals surface area contributed by atoms with E-state index in [1.54, 1.807) is 0 Å². The fourth-order valence-electron chi connectivity index (χ4n) is 3.79. The van der Waals surface area contributed by atoms with Crippen LogP contribution in [0.25, 0.3) is 0 Å². The second-order valence-corrected chi connectivity index (χ2v) is 7.00. The number of nitrogens with zero attached hydrogens (tertiary/aromatic N) is 4. The van der Waals surface area contributed by atoms with Gasteiger partial charge in [0.1, 0.15) is 11.6 Å². The molecule has 0 aromatic carbocycles. The first-order valence-corrected chi connectivity index (χ1v) is 9.25. The summed E-state index contributed by atoms with van der Waals surface area (Å²) in [4.78, 5) is 19.2. The van der Waals surface area contributed by atoms with Crippen LogP contribution < -0.4 is 0 Å². The average molecular weight is 344 g/mol. The Balaban J connectivity index is 1.58. The number of piperidine rings is 1. The highest BCUT2D eigenvalue weighted by molar-refractivity contribution is 5.77. The van der Waals surface area contributed by atoms with Gasteiger partial charge < -0.3 is 14.0 Å². The predicted molar refractivity (Wildman–Crippen MR) is 95.2 cm³/mol. The molecule has 1 saturated heterocycles. The molecule has 1 aliphatic heterocycles. The molecule has 2 aromatic heterocycles. The third-order valence-corrected chi connectivity index (χ3v) is 5.34. The Kier molecular flexibility index (Phi) is 5.56. The average Bonchev–Trinajstić information content (AvgIpc) is 3.16. The van der Waals surface area contributed by atoms with Crippen molar-refractivity contribution in [2.24, 2.45) is 0 Å². The summed E-state index contributed by atoms with van der Waals surface area (Å²) < 4.78 is 7.37. The molecule has 0 unspecified atom stereocenters. The van der Waals surface area contributed by atoms with Gasteiger partial charge in [0.15, 0.2) is 0 Å². The second kappa shape index (κ2) is 7.85. The summed E-state index contributed by atoms with van der Waals surface area (Å²) in [5.41, 5.74) is 1.98. The monoisotopic (exact) mass is 344 g/mol. The normalized spacial score (nSPS) is 17.9. The van der Waals surface area contributed by atoms with E-state index in [0.29, 0.717) is 18.9 Å². The highest BCUT2D eigenvalue weighted by Crippen LogP contribution is 2.23. The van der Waals surface area contributed by atoms with E-state index in [1.165, 1.54) is 6.42 Å². The summed E-state index contributed by atoms with van der Waals surface area (Å²) in [6.45, 7) is 7.68. The smallest absolute Gasteiger partial charge is 0.223 e. The van der Waals surface area contributed by atoms with Crippen molar-refractivity contribution < 1.29 is 9.32 Å². The topological polar surface area (TPSA) is 64.2 Å². The van der Waals surface area contributed by atoms with Gasteiger partial charge in [0.25, 0.3) is 0 Å². The summed E-state index contributed by atoms with van der Waals surface area (Å²) in [7, 11) is 0. The number of aromatic nitrogens is 3. The molecule has 6 nitrogen and oxygen atoms in total. The molecule has 1 fully saturated rings. The van der Waals surface area contributed by atoms with E-state index in [0.717, 1.165) is 55.2 Å². The summed E-state index contributed by atoms with van der Waals surface area (Å²) in [5, 5.41) is 3.98. The van der Waals surface area contributed by atoms with E-state index in [-0.39, 0.29) is 5.91 Å². The molecule has 0 N–H and O–H groups in total. The molecule has 2 aromatic rings. The SMILES string of the molecule is Cc1noc(C)c1CCC(=O)N1CCCC[C@H]1CCn1ccnc1C. The molecule has 1 amide bonds. The van der Waals surface area contributed by atoms with Crippen LogP contribution in [0, 0.1) is 20.8 Å². The number of carbonyl (C=O) groups is 1. The Labute approximate surface area is 149 Å². The van der Waals surface area contributed by atoms with Crippen molar-refractivity contribution in [3.8, 4) is 0 Å². The van der Waals surface area contributed by atoms with Gasteiger partial charge >= 0.3 is 0 Å². The lowest BCUT2D eigenvalue weighted by Gasteiger charge is -2.36. The molecule has 0 saturated carbocycles. The molecule has 136 valence electrons. The van der Waals surface area contributed by atoms with Crippen molar-refractivity contribution in [2.45, 2.75) is 71.9 Å². The van der Waals surface area contributed by atoms with E-state index in [9.17, 15) is 4.79 Å². The van der Waals surface area contributed by atoms with Crippen molar-refractivity contribution in [1.82, 2.24) is 19.6 Å². The molecule has 6 heteroatoms. The Morgan fingerprint density at radius 2 is 2.16 bits per heavy atom. The molecule has 1 atom stereocenters. The van der Waals surface area contributed by atoms with Gasteiger partial charge in [0.05, 0.1) is 5.69 Å². The van der Waals surface area contributed by atoms with Gasteiger partial charge in [-0.1, -0.05) is 5.16 Å². The molecule has 0 spiro atoms. The summed E-state index contributed by atoms with van der Waals surface area (Å²) in [6, 6.07) is 0.340. The number of rotatable bonds is 6. The summed E-state index contributed by atoms with van der Waals surface area (Å²) in [5.74, 6) is 2.12. The number of aryl methyl sites for hydroxylation is 4. The summed E-state index contributed by atoms with van der Waals surface area (Å²) >= 11 is 0. The maximum Gasteiger partial charge on any atom is 0.223 e. The number of imidazole rings is 1. The van der Waals surface area contributed by atoms with Gasteiger partial charge in [-0.15, -0.1) is 0 Å². The van der Waals surface area contributed by atoms with Crippen LogP contribution >= 0.6 is 0 Å². The van der Waals surface area contributed by atoms with Gasteiger partial charge in [-0.3, -0.25) is 4.79 Å². The fraction of sp³-hybridized carbons (Fsp3) is 0.632. The lowest BCUT2D eigenvalue weighted by molar-refractivity contribution is -0.135. The molecule has 0 bridgehead atoms. The Morgan fingerprint density at radius 3 is 2.84 bits per heavy atom. The van der Waals surface area contributed by atoms with Crippen molar-refractivity contribution in [2.75, 3.05) is 6.54 Å². The van der Waals surface area contributed by atoms with Crippen molar-refractivity contribution in [3.63, 3.8) is 0 Å². The van der Waals surface area contributed by atoms with Crippen LogP contribution in [0.5, 0.6) is 0 Å². The number of hydrogen-bond donors (Lipinski definition) is 0. The minimum atomic E-state index is 0.257. The standard InChI is InChI=1S/C19H28N4O2/c1-14-18(15(2)25-21-14)7-8-19(24)23-11-5-4-6-17(23)9-12-22-13-10-20-16(22)3/h10,13,17H,4-9,11-12H2,1-3H3/t17-/m0/s1. The van der Waals surface area contributed by atoms with Crippen molar-refractivity contribution >= 4 is 5.91 Å². The van der Waals surface area contributed by atoms with Gasteiger partial charge in [-0.05, 0) is 52.9 Å². The quantitative estimate of drug-likeness (QED) is 0.807. The molecular weight excluding hydrogens is 316 g/mol. The zero-order valence-electron chi connectivity index (χ0n) is 15.5. The number of amides is 1. The van der Waals surface area contributed by atoms with Crippen LogP contribution in [-0.4, -0.2) is 38.1 Å². The Morgan fingerprint density at radius 1 is 1.32 bits per heavy atom. The van der Waals surface area contributed by atoms with Crippen molar-refractivity contribution in [3.05, 3.63) is 35.2 Å². The van der Waals surface area contributed by atoms with E-state index in [2.05, 4.69) is 19.6 Å². The van der Waals surface area contributed by atoms with Crippen LogP contribution in [-0.2, 0) is 17.8 Å². The lowest BCUT2D eigenvalue weighted by atomic mass is 9.98. The van der Waals surface area contributed by atoms with Gasteiger partial charge in [0.2, 0.25) is 5.91 Å². The van der Waals surface area contributed by atoms with Crippen LogP contribution in [0.2, 0.25) is 0 Å². The molecule has 3 rings (SSSR count). The molecule has 0 radical (unpaired) electrons. The Bertz CT molecular complexity index is 699. The number of carbonyl (C=O) groups excluding carboxylic acids is 1. The van der Waals surface area contributed by atoms with Crippen LogP contribution in [0.1, 0.15) is 54.9 Å². The maximum atomic E-state index is 12.8. The first-order chi connectivity index (χ1) is 12.1. The number of hydrogen-bond acceptors (Lipinski definition) is 4. The second-order valence-electron chi connectivity index (χ2n) is 7.00. The van der Waals surface area contributed by atoms with E-state index >= 15 is 0 Å². The molecule has 25 heavy (non-hydrogen) atoms. The van der Waals surface area contributed by atoms with E-state index < -0.39 is 0 Å². The zero-order valence-corrected chi connectivity index (χ0v) is 15.5. The molecule has 0 aliphatic carbocycles. The van der Waals surface area contributed by atoms with E-state index in [4.69, 9.17) is 4.52 Å². The molecular formula is C19H28N4O2. The van der Waals surface area contributed by atoms with E-state index in [1.807, 2.05) is 33.2 Å². The highest BCUT2D eigenvalue weighted by atomic mass is 16.5. The first kappa shape index (κ1) is 17.7. The van der Waals surface area contributed by atoms with Crippen molar-refractivity contribution in [1.29, 1.82) is 0 Å². The highest BCUT2D eigenvalue weighted by Gasteiger charge is 2.26. The zero-order chi connectivity index (χ0) is 17.8. The molecule has 1 aliphatic rings. The fourth-order valence-corrected chi connectivity index (χ4v) is 3.79. The summed E-state index contributed by atoms with van der Waals surface area (Å²) in [6.07, 6.45) is 9.51. The van der Waals surface area contributed by atoms with Crippen LogP contribution in [0.3, 0.4) is 0 Å². The van der Waals surface area contributed by atoms with Gasteiger partial charge in [-0.25, -0.2) is 4.98 Å². The maximum absolute atomic E-state index is 12.8. The first-order valence-electron chi connectivity index (χ1n) is 9.25. The third-order valence-electron chi connectivity index (χ3n) is 5.34. The third kappa shape index (κ3) is 4.11. The van der Waals surface area contributed by atoms with Crippen LogP contribution in [0.4, 0.5) is 0 Å². The molecule has 3 heterocycles. The predicted octanol–water partition coefficient (Wildman–Crippen LogP) is 3.20. The van der Waals surface area contributed by atoms with Gasteiger partial charge in [0, 0.05) is 43.5 Å². The van der Waals surface area contributed by atoms with Crippen LogP contribution in [0.15, 0.2) is 16.9 Å². The minimum Gasteiger partial charge on any atom is -0.361 e. The largest absolute Gasteiger partial charge is 0.361 e. The lowest BCUT2D eigenvalue weighted by Crippen LogP contribution is -2.44.